The molecule has 0 amide bonds. The van der Waals surface area contributed by atoms with Gasteiger partial charge < -0.3 is 9.64 Å². The molecule has 2 atom stereocenters. The lowest BCUT2D eigenvalue weighted by Crippen LogP contribution is -2.52. The highest BCUT2D eigenvalue weighted by molar-refractivity contribution is 7.89. The summed E-state index contributed by atoms with van der Waals surface area (Å²) in [6.07, 6.45) is 8.98. The van der Waals surface area contributed by atoms with Crippen molar-refractivity contribution in [1.29, 1.82) is 0 Å². The van der Waals surface area contributed by atoms with Crippen LogP contribution in [0.3, 0.4) is 0 Å². The quantitative estimate of drug-likeness (QED) is 0.632. The highest BCUT2D eigenvalue weighted by atomic mass is 32.2. The van der Waals surface area contributed by atoms with Gasteiger partial charge in [0.1, 0.15) is 11.9 Å². The van der Waals surface area contributed by atoms with Gasteiger partial charge in [-0.25, -0.2) is 18.4 Å². The lowest BCUT2D eigenvalue weighted by Gasteiger charge is -2.36. The molecule has 0 unspecified atom stereocenters. The maximum absolute atomic E-state index is 13.4. The Balaban J connectivity index is 1.11. The topological polar surface area (TPSA) is 91.8 Å². The third-order valence-corrected chi connectivity index (χ3v) is 8.98. The van der Waals surface area contributed by atoms with E-state index in [1.54, 1.807) is 22.6 Å². The zero-order valence-electron chi connectivity index (χ0n) is 18.7. The lowest BCUT2D eigenvalue weighted by atomic mass is 10.2. The molecule has 0 spiro atoms. The molecule has 3 saturated heterocycles. The summed E-state index contributed by atoms with van der Waals surface area (Å²) in [4.78, 5) is 17.9. The van der Waals surface area contributed by atoms with E-state index in [1.165, 1.54) is 12.8 Å². The van der Waals surface area contributed by atoms with Gasteiger partial charge in [-0.3, -0.25) is 9.88 Å². The SMILES string of the molecule is O=S(=O)(c1cccc(N2CCCC2)n1)N1CCN2C[C@H](Oc3cnc(C4CC4)cn3)C[C@H]2C1. The smallest absolute Gasteiger partial charge is 0.260 e. The molecule has 176 valence electrons. The molecule has 0 aromatic carbocycles. The maximum atomic E-state index is 13.4. The third kappa shape index (κ3) is 4.31. The average molecular weight is 471 g/mol. The molecule has 3 aliphatic heterocycles. The first-order valence-corrected chi connectivity index (χ1v) is 13.4. The fraction of sp³-hybridized carbons (Fsp3) is 0.609. The Morgan fingerprint density at radius 1 is 0.970 bits per heavy atom. The highest BCUT2D eigenvalue weighted by Crippen LogP contribution is 2.38. The number of hydrogen-bond acceptors (Lipinski definition) is 8. The van der Waals surface area contributed by atoms with Crippen molar-refractivity contribution in [1.82, 2.24) is 24.2 Å². The summed E-state index contributed by atoms with van der Waals surface area (Å²) in [6.45, 7) is 4.29. The number of pyridine rings is 1. The molecule has 33 heavy (non-hydrogen) atoms. The van der Waals surface area contributed by atoms with E-state index in [-0.39, 0.29) is 17.2 Å². The molecule has 4 fully saturated rings. The van der Waals surface area contributed by atoms with Gasteiger partial charge in [-0.05, 0) is 37.8 Å². The molecule has 10 heteroatoms. The van der Waals surface area contributed by atoms with Crippen LogP contribution in [-0.4, -0.2) is 84.0 Å². The van der Waals surface area contributed by atoms with Gasteiger partial charge in [0.15, 0.2) is 5.03 Å². The van der Waals surface area contributed by atoms with Crippen LogP contribution < -0.4 is 9.64 Å². The average Bonchev–Trinajstić information content (AvgIpc) is 3.37. The molecule has 2 aromatic heterocycles. The number of rotatable bonds is 6. The molecule has 0 bridgehead atoms. The van der Waals surface area contributed by atoms with Crippen LogP contribution in [0.2, 0.25) is 0 Å². The Labute approximate surface area is 194 Å². The molecule has 1 saturated carbocycles. The number of piperazine rings is 1. The standard InChI is InChI=1S/C23H30N6O3S/c30-33(31,23-5-3-4-21(26-23)27-8-1-2-9-27)29-11-10-28-16-19(12-18(28)15-29)32-22-14-24-20(13-25-22)17-6-7-17/h3-5,13-14,17-19H,1-2,6-12,15-16H2/t18-,19+/m0/s1. The van der Waals surface area contributed by atoms with Crippen molar-refractivity contribution < 1.29 is 13.2 Å². The highest BCUT2D eigenvalue weighted by Gasteiger charge is 2.41. The van der Waals surface area contributed by atoms with Gasteiger partial charge in [-0.2, -0.15) is 4.31 Å². The predicted octanol–water partition coefficient (Wildman–Crippen LogP) is 1.88. The fourth-order valence-corrected chi connectivity index (χ4v) is 6.64. The van der Waals surface area contributed by atoms with Gasteiger partial charge in [0, 0.05) is 57.6 Å². The molecular formula is C23H30N6O3S. The van der Waals surface area contributed by atoms with Gasteiger partial charge in [0.2, 0.25) is 5.88 Å². The predicted molar refractivity (Wildman–Crippen MR) is 123 cm³/mol. The largest absolute Gasteiger partial charge is 0.472 e. The van der Waals surface area contributed by atoms with Crippen molar-refractivity contribution in [2.45, 2.75) is 55.2 Å². The molecule has 5 heterocycles. The molecule has 1 aliphatic carbocycles. The van der Waals surface area contributed by atoms with Crippen LogP contribution in [0, 0.1) is 0 Å². The second-order valence-corrected chi connectivity index (χ2v) is 11.5. The minimum absolute atomic E-state index is 0.00431. The van der Waals surface area contributed by atoms with Crippen molar-refractivity contribution in [3.05, 3.63) is 36.3 Å². The second-order valence-electron chi connectivity index (χ2n) is 9.57. The number of ether oxygens (including phenoxy) is 1. The van der Waals surface area contributed by atoms with E-state index in [1.807, 2.05) is 12.3 Å². The van der Waals surface area contributed by atoms with Crippen molar-refractivity contribution in [2.75, 3.05) is 44.2 Å². The summed E-state index contributed by atoms with van der Waals surface area (Å²) in [5.74, 6) is 1.89. The van der Waals surface area contributed by atoms with E-state index in [4.69, 9.17) is 4.74 Å². The van der Waals surface area contributed by atoms with E-state index in [0.717, 1.165) is 50.4 Å². The Morgan fingerprint density at radius 2 is 1.82 bits per heavy atom. The van der Waals surface area contributed by atoms with Crippen molar-refractivity contribution in [2.24, 2.45) is 0 Å². The first kappa shape index (κ1) is 21.2. The summed E-state index contributed by atoms with van der Waals surface area (Å²) in [7, 11) is -3.63. The number of sulfonamides is 1. The van der Waals surface area contributed by atoms with Gasteiger partial charge in [0.25, 0.3) is 10.0 Å². The van der Waals surface area contributed by atoms with Crippen LogP contribution in [0.1, 0.15) is 43.7 Å². The van der Waals surface area contributed by atoms with Gasteiger partial charge in [0.05, 0.1) is 18.1 Å². The van der Waals surface area contributed by atoms with E-state index in [0.29, 0.717) is 31.4 Å². The number of nitrogens with zero attached hydrogens (tertiary/aromatic N) is 6. The summed E-state index contributed by atoms with van der Waals surface area (Å²) in [6, 6.07) is 5.46. The molecule has 2 aromatic rings. The molecule has 0 N–H and O–H groups in total. The van der Waals surface area contributed by atoms with Crippen LogP contribution in [0.25, 0.3) is 0 Å². The number of aromatic nitrogens is 3. The summed E-state index contributed by atoms with van der Waals surface area (Å²) >= 11 is 0. The molecule has 4 aliphatic rings. The number of anilines is 1. The van der Waals surface area contributed by atoms with Crippen LogP contribution in [0.15, 0.2) is 35.6 Å². The fourth-order valence-electron chi connectivity index (χ4n) is 5.22. The monoisotopic (exact) mass is 470 g/mol. The van der Waals surface area contributed by atoms with Crippen LogP contribution in [0.5, 0.6) is 5.88 Å². The molecular weight excluding hydrogens is 440 g/mol. The van der Waals surface area contributed by atoms with Crippen molar-refractivity contribution in [3.63, 3.8) is 0 Å². The van der Waals surface area contributed by atoms with E-state index in [9.17, 15) is 8.42 Å². The molecule has 9 nitrogen and oxygen atoms in total. The molecule has 6 rings (SSSR count). The Morgan fingerprint density at radius 3 is 2.58 bits per heavy atom. The maximum Gasteiger partial charge on any atom is 0.260 e. The second kappa shape index (κ2) is 8.48. The normalized spacial score (nSPS) is 26.5. The van der Waals surface area contributed by atoms with Crippen LogP contribution in [0.4, 0.5) is 5.82 Å². The van der Waals surface area contributed by atoms with E-state index in [2.05, 4.69) is 24.8 Å². The number of fused-ring (bicyclic) bond motifs is 1. The Hall–Kier alpha value is -2.30. The minimum Gasteiger partial charge on any atom is -0.472 e. The van der Waals surface area contributed by atoms with Gasteiger partial charge in [-0.15, -0.1) is 0 Å². The summed E-state index contributed by atoms with van der Waals surface area (Å²) in [5, 5.41) is 0.150. The first-order valence-electron chi connectivity index (χ1n) is 12.0. The van der Waals surface area contributed by atoms with Crippen molar-refractivity contribution in [3.8, 4) is 5.88 Å². The lowest BCUT2D eigenvalue weighted by molar-refractivity contribution is 0.151. The first-order chi connectivity index (χ1) is 16.1. The zero-order chi connectivity index (χ0) is 22.4. The third-order valence-electron chi connectivity index (χ3n) is 7.21. The Kier molecular flexibility index (Phi) is 5.46. The summed E-state index contributed by atoms with van der Waals surface area (Å²) in [5.41, 5.74) is 1.05. The van der Waals surface area contributed by atoms with E-state index >= 15 is 0 Å². The van der Waals surface area contributed by atoms with Crippen molar-refractivity contribution >= 4 is 15.8 Å². The summed E-state index contributed by atoms with van der Waals surface area (Å²) < 4.78 is 34.5. The van der Waals surface area contributed by atoms with E-state index < -0.39 is 10.0 Å². The Bertz CT molecular complexity index is 1100. The molecule has 0 radical (unpaired) electrons. The van der Waals surface area contributed by atoms with Crippen LogP contribution in [-0.2, 0) is 10.0 Å². The van der Waals surface area contributed by atoms with Gasteiger partial charge in [-0.1, -0.05) is 6.07 Å². The zero-order valence-corrected chi connectivity index (χ0v) is 19.5. The van der Waals surface area contributed by atoms with Gasteiger partial charge >= 0.3 is 0 Å². The van der Waals surface area contributed by atoms with Crippen LogP contribution >= 0.6 is 0 Å². The number of hydrogen-bond donors (Lipinski definition) is 0. The minimum atomic E-state index is -3.63.